The van der Waals surface area contributed by atoms with Gasteiger partial charge in [0.1, 0.15) is 0 Å². The zero-order chi connectivity index (χ0) is 11.6. The number of rotatable bonds is 5. The number of aliphatic carboxylic acids is 1. The summed E-state index contributed by atoms with van der Waals surface area (Å²) in [6, 6.07) is 0. The summed E-state index contributed by atoms with van der Waals surface area (Å²) in [5, 5.41) is 33.7. The maximum absolute atomic E-state index is 9.37. The highest BCUT2D eigenvalue weighted by Gasteiger charge is 2.24. The van der Waals surface area contributed by atoms with Crippen LogP contribution in [0.4, 0.5) is 0 Å². The van der Waals surface area contributed by atoms with Crippen molar-refractivity contribution >= 4 is 5.97 Å². The first-order valence-electron chi connectivity index (χ1n) is 4.56. The van der Waals surface area contributed by atoms with Gasteiger partial charge in [-0.1, -0.05) is 13.8 Å². The van der Waals surface area contributed by atoms with E-state index in [0.29, 0.717) is 6.42 Å². The van der Waals surface area contributed by atoms with Crippen LogP contribution < -0.4 is 0 Å². The zero-order valence-corrected chi connectivity index (χ0v) is 8.73. The van der Waals surface area contributed by atoms with Gasteiger partial charge in [0.05, 0.1) is 19.8 Å². The first-order valence-corrected chi connectivity index (χ1v) is 4.56. The molecule has 14 heavy (non-hydrogen) atoms. The molecule has 0 bridgehead atoms. The Morgan fingerprint density at radius 2 is 1.36 bits per heavy atom. The summed E-state index contributed by atoms with van der Waals surface area (Å²) < 4.78 is 0. The van der Waals surface area contributed by atoms with Crippen LogP contribution in [-0.4, -0.2) is 46.2 Å². The van der Waals surface area contributed by atoms with Gasteiger partial charge in [0.25, 0.3) is 0 Å². The normalized spacial score (nSPS) is 10.4. The zero-order valence-electron chi connectivity index (χ0n) is 8.73. The van der Waals surface area contributed by atoms with E-state index in [1.807, 2.05) is 6.92 Å². The van der Waals surface area contributed by atoms with Gasteiger partial charge in [0.2, 0.25) is 0 Å². The van der Waals surface area contributed by atoms with E-state index in [1.54, 1.807) is 6.92 Å². The van der Waals surface area contributed by atoms with Gasteiger partial charge >= 0.3 is 5.97 Å². The molecule has 0 aliphatic rings. The molecule has 86 valence electrons. The minimum atomic E-state index is -0.745. The summed E-state index contributed by atoms with van der Waals surface area (Å²) in [7, 11) is 0. The number of carbonyl (C=O) groups is 1. The lowest BCUT2D eigenvalue weighted by Crippen LogP contribution is -2.32. The third kappa shape index (κ3) is 6.82. The highest BCUT2D eigenvalue weighted by atomic mass is 16.4. The molecule has 0 fully saturated rings. The Morgan fingerprint density at radius 3 is 1.36 bits per heavy atom. The van der Waals surface area contributed by atoms with Gasteiger partial charge in [-0.25, -0.2) is 0 Å². The molecule has 0 heterocycles. The molecule has 0 unspecified atom stereocenters. The quantitative estimate of drug-likeness (QED) is 0.503. The van der Waals surface area contributed by atoms with Crippen LogP contribution in [-0.2, 0) is 4.79 Å². The molecule has 0 rings (SSSR count). The first kappa shape index (κ1) is 15.8. The summed E-state index contributed by atoms with van der Waals surface area (Å²) >= 11 is 0. The van der Waals surface area contributed by atoms with Gasteiger partial charge in [0, 0.05) is 11.8 Å². The predicted molar refractivity (Wildman–Crippen MR) is 51.9 cm³/mol. The fourth-order valence-electron chi connectivity index (χ4n) is 0.485. The maximum Gasteiger partial charge on any atom is 0.303 e. The van der Waals surface area contributed by atoms with Crippen LogP contribution in [0.25, 0.3) is 0 Å². The van der Waals surface area contributed by atoms with Crippen LogP contribution >= 0.6 is 0 Å². The molecule has 4 N–H and O–H groups in total. The second-order valence-corrected chi connectivity index (χ2v) is 3.08. The van der Waals surface area contributed by atoms with E-state index in [-0.39, 0.29) is 26.2 Å². The van der Waals surface area contributed by atoms with Crippen molar-refractivity contribution in [1.82, 2.24) is 0 Å². The number of carboxylic acids is 1. The lowest BCUT2D eigenvalue weighted by molar-refractivity contribution is -0.136. The molecule has 0 radical (unpaired) electrons. The van der Waals surface area contributed by atoms with E-state index in [9.17, 15) is 4.79 Å². The van der Waals surface area contributed by atoms with Crippen LogP contribution in [0.15, 0.2) is 0 Å². The van der Waals surface area contributed by atoms with Crippen molar-refractivity contribution in [3.63, 3.8) is 0 Å². The van der Waals surface area contributed by atoms with Crippen LogP contribution in [0.3, 0.4) is 0 Å². The highest BCUT2D eigenvalue weighted by Crippen LogP contribution is 2.18. The predicted octanol–water partition coefficient (Wildman–Crippen LogP) is -0.159. The molecule has 5 heteroatoms. The van der Waals surface area contributed by atoms with Crippen molar-refractivity contribution in [2.45, 2.75) is 26.7 Å². The molecule has 5 nitrogen and oxygen atoms in total. The van der Waals surface area contributed by atoms with Crippen molar-refractivity contribution in [1.29, 1.82) is 0 Å². The lowest BCUT2D eigenvalue weighted by atomic mass is 9.88. The van der Waals surface area contributed by atoms with Crippen LogP contribution in [0.1, 0.15) is 26.7 Å². The van der Waals surface area contributed by atoms with Crippen molar-refractivity contribution in [2.24, 2.45) is 5.41 Å². The summed E-state index contributed by atoms with van der Waals surface area (Å²) in [4.78, 5) is 9.37. The van der Waals surface area contributed by atoms with Crippen LogP contribution in [0, 0.1) is 5.41 Å². The molecular formula is C9H20O5. The molecule has 0 aromatic rings. The van der Waals surface area contributed by atoms with Gasteiger partial charge < -0.3 is 20.4 Å². The molecule has 0 aliphatic heterocycles. The third-order valence-corrected chi connectivity index (χ3v) is 2.06. The summed E-state index contributed by atoms with van der Waals surface area (Å²) in [6.45, 7) is 2.95. The van der Waals surface area contributed by atoms with E-state index in [4.69, 9.17) is 20.4 Å². The fraction of sp³-hybridized carbons (Fsp3) is 0.889. The Morgan fingerprint density at radius 1 is 1.07 bits per heavy atom. The average molecular weight is 208 g/mol. The average Bonchev–Trinajstić information content (AvgIpc) is 2.23. The second-order valence-electron chi connectivity index (χ2n) is 3.08. The van der Waals surface area contributed by atoms with E-state index in [1.165, 1.54) is 0 Å². The Kier molecular flexibility index (Phi) is 10.1. The van der Waals surface area contributed by atoms with Crippen LogP contribution in [0.5, 0.6) is 0 Å². The van der Waals surface area contributed by atoms with Gasteiger partial charge in [-0.15, -0.1) is 0 Å². The molecule has 0 amide bonds. The number of hydrogen-bond donors (Lipinski definition) is 4. The minimum Gasteiger partial charge on any atom is -0.481 e. The monoisotopic (exact) mass is 208 g/mol. The molecular weight excluding hydrogens is 188 g/mol. The van der Waals surface area contributed by atoms with Crippen molar-refractivity contribution in [2.75, 3.05) is 19.8 Å². The molecule has 0 aliphatic carbocycles. The smallest absolute Gasteiger partial charge is 0.303 e. The van der Waals surface area contributed by atoms with Crippen molar-refractivity contribution in [3.05, 3.63) is 0 Å². The summed E-state index contributed by atoms with van der Waals surface area (Å²) in [6.07, 6.45) is 0.816. The number of aliphatic hydroxyl groups is 3. The van der Waals surface area contributed by atoms with Crippen molar-refractivity contribution < 1.29 is 25.2 Å². The Bertz CT molecular complexity index is 125. The molecule has 0 spiro atoms. The molecule has 0 aromatic heterocycles. The third-order valence-electron chi connectivity index (χ3n) is 2.06. The first-order chi connectivity index (χ1) is 6.51. The number of aliphatic hydroxyl groups excluding tert-OH is 3. The van der Waals surface area contributed by atoms with E-state index >= 15 is 0 Å². The maximum atomic E-state index is 9.37. The Hall–Kier alpha value is -0.650. The Labute approximate surface area is 84.0 Å². The standard InChI is InChI=1S/C6H14O3.C3H6O2/c1-2-6(3-7,4-8)5-9;1-2-3(4)5/h7-9H,2-5H2,1H3;2H2,1H3,(H,4,5). The van der Waals surface area contributed by atoms with E-state index < -0.39 is 11.4 Å². The number of hydrogen-bond acceptors (Lipinski definition) is 4. The Balaban J connectivity index is 0. The van der Waals surface area contributed by atoms with Crippen LogP contribution in [0.2, 0.25) is 0 Å². The van der Waals surface area contributed by atoms with Gasteiger partial charge in [-0.2, -0.15) is 0 Å². The van der Waals surface area contributed by atoms with E-state index in [2.05, 4.69) is 0 Å². The largest absolute Gasteiger partial charge is 0.481 e. The number of carboxylic acid groups (broad SMARTS) is 1. The summed E-state index contributed by atoms with van der Waals surface area (Å²) in [5.74, 6) is -0.745. The van der Waals surface area contributed by atoms with Gasteiger partial charge in [-0.05, 0) is 6.42 Å². The topological polar surface area (TPSA) is 98.0 Å². The lowest BCUT2D eigenvalue weighted by Gasteiger charge is -2.24. The molecule has 0 aromatic carbocycles. The molecule has 0 atom stereocenters. The fourth-order valence-corrected chi connectivity index (χ4v) is 0.485. The van der Waals surface area contributed by atoms with Gasteiger partial charge in [-0.3, -0.25) is 4.79 Å². The van der Waals surface area contributed by atoms with Crippen molar-refractivity contribution in [3.8, 4) is 0 Å². The second kappa shape index (κ2) is 8.93. The molecule has 0 saturated carbocycles. The van der Waals surface area contributed by atoms with E-state index in [0.717, 1.165) is 0 Å². The highest BCUT2D eigenvalue weighted by molar-refractivity contribution is 5.66. The minimum absolute atomic E-state index is 0.156. The molecule has 0 saturated heterocycles. The van der Waals surface area contributed by atoms with Gasteiger partial charge in [0.15, 0.2) is 0 Å². The SMILES string of the molecule is CCC(=O)O.CCC(CO)(CO)CO. The summed E-state index contributed by atoms with van der Waals surface area (Å²) in [5.41, 5.74) is -0.667.